The maximum absolute atomic E-state index is 12.3. The number of aliphatic carboxylic acids is 1. The van der Waals surface area contributed by atoms with Gasteiger partial charge in [0.05, 0.1) is 5.39 Å². The molecule has 1 aromatic heterocycles. The Morgan fingerprint density at radius 3 is 2.71 bits per heavy atom. The van der Waals surface area contributed by atoms with Crippen molar-refractivity contribution >= 4 is 27.9 Å². The number of carboxylic acid groups (broad SMARTS) is 1. The van der Waals surface area contributed by atoms with E-state index in [9.17, 15) is 14.7 Å². The van der Waals surface area contributed by atoms with Crippen LogP contribution in [-0.2, 0) is 4.79 Å². The average Bonchev–Trinajstić information content (AvgIpc) is 2.45. The molecule has 0 saturated carbocycles. The molecule has 0 fully saturated rings. The van der Waals surface area contributed by atoms with E-state index in [4.69, 9.17) is 14.3 Å². The normalized spacial score (nSPS) is 10.9. The molecule has 0 saturated heterocycles. The van der Waals surface area contributed by atoms with Gasteiger partial charge < -0.3 is 19.4 Å². The van der Waals surface area contributed by atoms with E-state index in [1.165, 1.54) is 12.1 Å². The summed E-state index contributed by atoms with van der Waals surface area (Å²) in [6.45, 7) is -0.553. The van der Waals surface area contributed by atoms with Crippen LogP contribution in [0.3, 0.4) is 0 Å². The minimum absolute atomic E-state index is 0.0383. The van der Waals surface area contributed by atoms with E-state index < -0.39 is 12.6 Å². The molecule has 0 aliphatic heterocycles. The summed E-state index contributed by atoms with van der Waals surface area (Å²) < 4.78 is 10.6. The Morgan fingerprint density at radius 1 is 1.19 bits per heavy atom. The summed E-state index contributed by atoms with van der Waals surface area (Å²) in [7, 11) is 0. The lowest BCUT2D eigenvalue weighted by Crippen LogP contribution is -2.09. The van der Waals surface area contributed by atoms with Crippen molar-refractivity contribution in [3.05, 3.63) is 46.6 Å². The highest BCUT2D eigenvalue weighted by molar-refractivity contribution is 5.93. The molecule has 0 aliphatic rings. The van der Waals surface area contributed by atoms with Crippen LogP contribution in [-0.4, -0.2) is 22.8 Å². The maximum atomic E-state index is 12.3. The number of phenolic OH excluding ortho intramolecular Hbond substituents is 1. The first-order valence-corrected chi connectivity index (χ1v) is 6.09. The number of phenols is 1. The van der Waals surface area contributed by atoms with Gasteiger partial charge in [0.1, 0.15) is 28.1 Å². The van der Waals surface area contributed by atoms with Gasteiger partial charge in [0.15, 0.2) is 6.61 Å². The Balaban J connectivity index is 2.25. The lowest BCUT2D eigenvalue weighted by Gasteiger charge is -2.07. The molecule has 0 atom stereocenters. The molecule has 6 nitrogen and oxygen atoms in total. The van der Waals surface area contributed by atoms with Gasteiger partial charge in [0, 0.05) is 12.1 Å². The Kier molecular flexibility index (Phi) is 2.98. The standard InChI is InChI=1S/C15H10O6/c16-10-5-8(20-7-13(17)18)6-12-14(10)15(19)9-3-1-2-4-11(9)21-12/h1-6,16H,7H2,(H,17,18). The first-order valence-electron chi connectivity index (χ1n) is 6.09. The number of para-hydroxylation sites is 1. The van der Waals surface area contributed by atoms with Crippen molar-refractivity contribution in [2.45, 2.75) is 0 Å². The highest BCUT2D eigenvalue weighted by Gasteiger charge is 2.13. The smallest absolute Gasteiger partial charge is 0.341 e. The number of hydrogen-bond donors (Lipinski definition) is 2. The highest BCUT2D eigenvalue weighted by atomic mass is 16.5. The van der Waals surface area contributed by atoms with Crippen LogP contribution in [0.4, 0.5) is 0 Å². The van der Waals surface area contributed by atoms with Crippen molar-refractivity contribution in [2.24, 2.45) is 0 Å². The quantitative estimate of drug-likeness (QED) is 0.716. The number of carboxylic acids is 1. The second-order valence-electron chi connectivity index (χ2n) is 4.43. The van der Waals surface area contributed by atoms with E-state index in [2.05, 4.69) is 0 Å². The predicted molar refractivity (Wildman–Crippen MR) is 74.8 cm³/mol. The van der Waals surface area contributed by atoms with Crippen molar-refractivity contribution in [3.63, 3.8) is 0 Å². The molecule has 0 amide bonds. The molecule has 1 heterocycles. The van der Waals surface area contributed by atoms with Crippen LogP contribution in [0.25, 0.3) is 21.9 Å². The molecule has 0 aliphatic carbocycles. The Labute approximate surface area is 117 Å². The fourth-order valence-electron chi connectivity index (χ4n) is 2.11. The van der Waals surface area contributed by atoms with Gasteiger partial charge in [-0.1, -0.05) is 12.1 Å². The number of carbonyl (C=O) groups is 1. The lowest BCUT2D eigenvalue weighted by atomic mass is 10.1. The highest BCUT2D eigenvalue weighted by Crippen LogP contribution is 2.30. The van der Waals surface area contributed by atoms with Crippen LogP contribution >= 0.6 is 0 Å². The van der Waals surface area contributed by atoms with Crippen molar-refractivity contribution in [2.75, 3.05) is 6.61 Å². The molecule has 6 heteroatoms. The number of ether oxygens (including phenoxy) is 1. The molecule has 0 radical (unpaired) electrons. The van der Waals surface area contributed by atoms with E-state index in [0.29, 0.717) is 11.0 Å². The monoisotopic (exact) mass is 286 g/mol. The van der Waals surface area contributed by atoms with E-state index in [1.807, 2.05) is 0 Å². The number of fused-ring (bicyclic) bond motifs is 2. The molecular weight excluding hydrogens is 276 g/mol. The largest absolute Gasteiger partial charge is 0.507 e. The summed E-state index contributed by atoms with van der Waals surface area (Å²) in [5.74, 6) is -1.34. The van der Waals surface area contributed by atoms with Gasteiger partial charge >= 0.3 is 5.97 Å². The third-order valence-corrected chi connectivity index (χ3v) is 3.00. The average molecular weight is 286 g/mol. The van der Waals surface area contributed by atoms with Crippen LogP contribution in [0.1, 0.15) is 0 Å². The summed E-state index contributed by atoms with van der Waals surface area (Å²) in [6.07, 6.45) is 0. The number of benzene rings is 2. The third-order valence-electron chi connectivity index (χ3n) is 3.00. The summed E-state index contributed by atoms with van der Waals surface area (Å²) in [5, 5.41) is 19.0. The van der Waals surface area contributed by atoms with Gasteiger partial charge in [-0.3, -0.25) is 4.79 Å². The Morgan fingerprint density at radius 2 is 1.95 bits per heavy atom. The molecule has 2 N–H and O–H groups in total. The predicted octanol–water partition coefficient (Wildman–Crippen LogP) is 2.12. The molecule has 0 spiro atoms. The van der Waals surface area contributed by atoms with Gasteiger partial charge in [-0.15, -0.1) is 0 Å². The van der Waals surface area contributed by atoms with Crippen LogP contribution in [0, 0.1) is 0 Å². The molecule has 106 valence electrons. The van der Waals surface area contributed by atoms with E-state index in [0.717, 1.165) is 0 Å². The van der Waals surface area contributed by atoms with E-state index in [-0.39, 0.29) is 27.9 Å². The zero-order valence-electron chi connectivity index (χ0n) is 10.7. The first kappa shape index (κ1) is 13.0. The fraction of sp³-hybridized carbons (Fsp3) is 0.0667. The van der Waals surface area contributed by atoms with Crippen LogP contribution in [0.2, 0.25) is 0 Å². The Bertz CT molecular complexity index is 909. The van der Waals surface area contributed by atoms with Crippen LogP contribution < -0.4 is 10.2 Å². The number of aromatic hydroxyl groups is 1. The zero-order chi connectivity index (χ0) is 15.0. The maximum Gasteiger partial charge on any atom is 0.341 e. The second kappa shape index (κ2) is 4.82. The third kappa shape index (κ3) is 2.27. The van der Waals surface area contributed by atoms with Gasteiger partial charge in [-0.05, 0) is 12.1 Å². The van der Waals surface area contributed by atoms with E-state index >= 15 is 0 Å². The summed E-state index contributed by atoms with van der Waals surface area (Å²) >= 11 is 0. The molecule has 0 bridgehead atoms. The first-order chi connectivity index (χ1) is 10.1. The van der Waals surface area contributed by atoms with Crippen molar-refractivity contribution in [3.8, 4) is 11.5 Å². The molecule has 2 aromatic carbocycles. The van der Waals surface area contributed by atoms with Crippen molar-refractivity contribution in [1.82, 2.24) is 0 Å². The van der Waals surface area contributed by atoms with E-state index in [1.54, 1.807) is 24.3 Å². The summed E-state index contributed by atoms with van der Waals surface area (Å²) in [4.78, 5) is 22.8. The van der Waals surface area contributed by atoms with Crippen molar-refractivity contribution < 1.29 is 24.2 Å². The molecule has 21 heavy (non-hydrogen) atoms. The van der Waals surface area contributed by atoms with Crippen molar-refractivity contribution in [1.29, 1.82) is 0 Å². The van der Waals surface area contributed by atoms with Crippen LogP contribution in [0.5, 0.6) is 11.5 Å². The SMILES string of the molecule is O=C(O)COc1cc(O)c2c(=O)c3ccccc3oc2c1. The number of rotatable bonds is 3. The minimum Gasteiger partial charge on any atom is -0.507 e. The summed E-state index contributed by atoms with van der Waals surface area (Å²) in [6, 6.07) is 9.24. The summed E-state index contributed by atoms with van der Waals surface area (Å²) in [5.41, 5.74) is 0.165. The molecular formula is C15H10O6. The lowest BCUT2D eigenvalue weighted by molar-refractivity contribution is -0.139. The molecule has 3 rings (SSSR count). The zero-order valence-corrected chi connectivity index (χ0v) is 10.7. The minimum atomic E-state index is -1.14. The van der Waals surface area contributed by atoms with Gasteiger partial charge in [0.25, 0.3) is 0 Å². The second-order valence-corrected chi connectivity index (χ2v) is 4.43. The van der Waals surface area contributed by atoms with Gasteiger partial charge in [0.2, 0.25) is 5.43 Å². The fourth-order valence-corrected chi connectivity index (χ4v) is 2.11. The van der Waals surface area contributed by atoms with Gasteiger partial charge in [-0.2, -0.15) is 0 Å². The topological polar surface area (TPSA) is 97.0 Å². The Hall–Kier alpha value is -3.02. The van der Waals surface area contributed by atoms with Gasteiger partial charge in [-0.25, -0.2) is 4.79 Å². The number of hydrogen-bond acceptors (Lipinski definition) is 5. The van der Waals surface area contributed by atoms with Crippen LogP contribution in [0.15, 0.2) is 45.6 Å². The molecule has 0 unspecified atom stereocenters. The molecule has 3 aromatic rings.